The number of aliphatic hydroxyl groups excluding tert-OH is 1. The number of rotatable bonds is 6. The zero-order chi connectivity index (χ0) is 13.7. The Balaban J connectivity index is 1.81. The van der Waals surface area contributed by atoms with Crippen molar-refractivity contribution in [2.45, 2.75) is 18.4 Å². The maximum atomic E-state index is 11.8. The van der Waals surface area contributed by atoms with E-state index in [0.29, 0.717) is 6.42 Å². The number of carbonyl (C=O) groups is 1. The number of aliphatic hydroxyl groups is 1. The van der Waals surface area contributed by atoms with Crippen LogP contribution in [-0.2, 0) is 9.53 Å². The smallest absolute Gasteiger partial charge is 0.220 e. The first-order valence-corrected chi connectivity index (χ1v) is 6.47. The summed E-state index contributed by atoms with van der Waals surface area (Å²) in [5.74, 6) is 0.162. The van der Waals surface area contributed by atoms with Crippen LogP contribution in [0.2, 0.25) is 0 Å². The molecule has 1 aliphatic heterocycles. The van der Waals surface area contributed by atoms with Gasteiger partial charge in [0.05, 0.1) is 12.7 Å². The van der Waals surface area contributed by atoms with Crippen LogP contribution < -0.4 is 10.6 Å². The Hall–Kier alpha value is -1.59. The van der Waals surface area contributed by atoms with Gasteiger partial charge in [-0.2, -0.15) is 0 Å². The normalized spacial score (nSPS) is 18.5. The molecule has 0 saturated carbocycles. The molecule has 0 fully saturated rings. The number of amides is 1. The number of para-hydroxylation sites is 1. The summed E-state index contributed by atoms with van der Waals surface area (Å²) in [6.07, 6.45) is -0.216. The Morgan fingerprint density at radius 3 is 3.16 bits per heavy atom. The van der Waals surface area contributed by atoms with Crippen molar-refractivity contribution in [2.75, 3.05) is 32.1 Å². The first-order chi connectivity index (χ1) is 9.20. The first kappa shape index (κ1) is 13.8. The van der Waals surface area contributed by atoms with Crippen molar-refractivity contribution in [2.24, 2.45) is 0 Å². The molecule has 0 aliphatic carbocycles. The number of hydrogen-bond donors (Lipinski definition) is 3. The van der Waals surface area contributed by atoms with Gasteiger partial charge in [0, 0.05) is 38.2 Å². The van der Waals surface area contributed by atoms with E-state index in [-0.39, 0.29) is 25.0 Å². The van der Waals surface area contributed by atoms with Gasteiger partial charge in [-0.3, -0.25) is 4.79 Å². The van der Waals surface area contributed by atoms with Crippen molar-refractivity contribution < 1.29 is 14.6 Å². The number of ether oxygens (including phenoxy) is 1. The molecule has 1 aliphatic rings. The van der Waals surface area contributed by atoms with Gasteiger partial charge in [-0.15, -0.1) is 0 Å². The van der Waals surface area contributed by atoms with Crippen LogP contribution >= 0.6 is 0 Å². The third kappa shape index (κ3) is 3.68. The number of nitrogens with one attached hydrogen (secondary N) is 2. The molecule has 1 heterocycles. The Morgan fingerprint density at radius 2 is 2.37 bits per heavy atom. The highest BCUT2D eigenvalue weighted by Crippen LogP contribution is 2.32. The van der Waals surface area contributed by atoms with Crippen LogP contribution in [0, 0.1) is 0 Å². The molecule has 5 heteroatoms. The number of hydrogen-bond acceptors (Lipinski definition) is 4. The van der Waals surface area contributed by atoms with E-state index in [1.807, 2.05) is 24.3 Å². The van der Waals surface area contributed by atoms with Crippen molar-refractivity contribution in [3.63, 3.8) is 0 Å². The second-order valence-electron chi connectivity index (χ2n) is 4.78. The number of carbonyl (C=O) groups excluding carboxylic acids is 1. The van der Waals surface area contributed by atoms with Crippen LogP contribution in [0.5, 0.6) is 0 Å². The molecule has 1 aromatic carbocycles. The van der Waals surface area contributed by atoms with E-state index in [0.717, 1.165) is 12.2 Å². The highest BCUT2D eigenvalue weighted by Gasteiger charge is 2.23. The topological polar surface area (TPSA) is 70.6 Å². The van der Waals surface area contributed by atoms with Gasteiger partial charge in [0.2, 0.25) is 5.91 Å². The number of benzene rings is 1. The quantitative estimate of drug-likeness (QED) is 0.707. The summed E-state index contributed by atoms with van der Waals surface area (Å²) in [5.41, 5.74) is 2.30. The summed E-state index contributed by atoms with van der Waals surface area (Å²) in [6.45, 7) is 1.25. The van der Waals surface area contributed by atoms with Gasteiger partial charge in [-0.05, 0) is 11.6 Å². The SMILES string of the molecule is COCC(O)CNC(=O)CC1CNc2ccccc21. The summed E-state index contributed by atoms with van der Waals surface area (Å²) < 4.78 is 4.80. The van der Waals surface area contributed by atoms with Crippen LogP contribution in [0.3, 0.4) is 0 Å². The van der Waals surface area contributed by atoms with Crippen LogP contribution in [0.4, 0.5) is 5.69 Å². The molecule has 0 spiro atoms. The lowest BCUT2D eigenvalue weighted by Gasteiger charge is -2.13. The highest BCUT2D eigenvalue weighted by molar-refractivity contribution is 5.78. The summed E-state index contributed by atoms with van der Waals surface area (Å²) in [5, 5.41) is 15.5. The van der Waals surface area contributed by atoms with E-state index in [4.69, 9.17) is 4.74 Å². The maximum absolute atomic E-state index is 11.8. The zero-order valence-electron chi connectivity index (χ0n) is 11.1. The van der Waals surface area contributed by atoms with Gasteiger partial charge >= 0.3 is 0 Å². The van der Waals surface area contributed by atoms with Crippen LogP contribution in [-0.4, -0.2) is 43.9 Å². The van der Waals surface area contributed by atoms with Crippen LogP contribution in [0.15, 0.2) is 24.3 Å². The van der Waals surface area contributed by atoms with Gasteiger partial charge in [-0.25, -0.2) is 0 Å². The van der Waals surface area contributed by atoms with E-state index in [1.165, 1.54) is 12.7 Å². The third-order valence-electron chi connectivity index (χ3n) is 3.27. The molecule has 0 bridgehead atoms. The van der Waals surface area contributed by atoms with E-state index in [9.17, 15) is 9.90 Å². The summed E-state index contributed by atoms with van der Waals surface area (Å²) in [6, 6.07) is 8.04. The molecule has 2 rings (SSSR count). The molecule has 2 unspecified atom stereocenters. The van der Waals surface area contributed by atoms with Crippen molar-refractivity contribution >= 4 is 11.6 Å². The van der Waals surface area contributed by atoms with Gasteiger partial charge in [-0.1, -0.05) is 18.2 Å². The van der Waals surface area contributed by atoms with E-state index >= 15 is 0 Å². The predicted octanol–water partition coefficient (Wildman–Crippen LogP) is 0.709. The zero-order valence-corrected chi connectivity index (χ0v) is 11.1. The van der Waals surface area contributed by atoms with Gasteiger partial charge in [0.1, 0.15) is 0 Å². The summed E-state index contributed by atoms with van der Waals surface area (Å²) in [7, 11) is 1.52. The maximum Gasteiger partial charge on any atom is 0.220 e. The van der Waals surface area contributed by atoms with Gasteiger partial charge < -0.3 is 20.5 Å². The van der Waals surface area contributed by atoms with E-state index in [2.05, 4.69) is 10.6 Å². The van der Waals surface area contributed by atoms with Crippen LogP contribution in [0.25, 0.3) is 0 Å². The minimum atomic E-state index is -0.650. The molecule has 19 heavy (non-hydrogen) atoms. The van der Waals surface area contributed by atoms with Crippen molar-refractivity contribution in [1.82, 2.24) is 5.32 Å². The molecule has 2 atom stereocenters. The van der Waals surface area contributed by atoms with Gasteiger partial charge in [0.15, 0.2) is 0 Å². The molecule has 1 amide bonds. The predicted molar refractivity (Wildman–Crippen MR) is 73.2 cm³/mol. The second-order valence-corrected chi connectivity index (χ2v) is 4.78. The molecule has 3 N–H and O–H groups in total. The standard InChI is InChI=1S/C14H20N2O3/c1-19-9-11(17)8-16-14(18)6-10-7-15-13-5-3-2-4-12(10)13/h2-5,10-11,15,17H,6-9H2,1H3,(H,16,18). The second kappa shape index (κ2) is 6.54. The number of fused-ring (bicyclic) bond motifs is 1. The Labute approximate surface area is 113 Å². The van der Waals surface area contributed by atoms with E-state index in [1.54, 1.807) is 0 Å². The molecule has 1 aromatic rings. The summed E-state index contributed by atoms with van der Waals surface area (Å²) >= 11 is 0. The monoisotopic (exact) mass is 264 g/mol. The Bertz CT molecular complexity index is 436. The van der Waals surface area contributed by atoms with Crippen molar-refractivity contribution in [3.05, 3.63) is 29.8 Å². The van der Waals surface area contributed by atoms with Crippen molar-refractivity contribution in [3.8, 4) is 0 Å². The molecular weight excluding hydrogens is 244 g/mol. The average molecular weight is 264 g/mol. The number of anilines is 1. The fourth-order valence-corrected chi connectivity index (χ4v) is 2.32. The highest BCUT2D eigenvalue weighted by atomic mass is 16.5. The largest absolute Gasteiger partial charge is 0.389 e. The van der Waals surface area contributed by atoms with Gasteiger partial charge in [0.25, 0.3) is 0 Å². The average Bonchev–Trinajstić information content (AvgIpc) is 2.80. The molecular formula is C14H20N2O3. The lowest BCUT2D eigenvalue weighted by atomic mass is 9.97. The Morgan fingerprint density at radius 1 is 1.58 bits per heavy atom. The molecule has 104 valence electrons. The fourth-order valence-electron chi connectivity index (χ4n) is 2.32. The fraction of sp³-hybridized carbons (Fsp3) is 0.500. The van der Waals surface area contributed by atoms with E-state index < -0.39 is 6.10 Å². The summed E-state index contributed by atoms with van der Waals surface area (Å²) in [4.78, 5) is 11.8. The third-order valence-corrected chi connectivity index (χ3v) is 3.27. The van der Waals surface area contributed by atoms with Crippen molar-refractivity contribution in [1.29, 1.82) is 0 Å². The minimum absolute atomic E-state index is 0.0429. The minimum Gasteiger partial charge on any atom is -0.389 e. The molecule has 5 nitrogen and oxygen atoms in total. The molecule has 0 radical (unpaired) electrons. The Kier molecular flexibility index (Phi) is 4.76. The first-order valence-electron chi connectivity index (χ1n) is 6.47. The van der Waals surface area contributed by atoms with Crippen LogP contribution in [0.1, 0.15) is 17.9 Å². The lowest BCUT2D eigenvalue weighted by molar-refractivity contribution is -0.122. The molecule has 0 aromatic heterocycles. The number of methoxy groups -OCH3 is 1. The lowest BCUT2D eigenvalue weighted by Crippen LogP contribution is -2.35. The molecule has 0 saturated heterocycles.